The first-order valence-electron chi connectivity index (χ1n) is 6.31. The van der Waals surface area contributed by atoms with Gasteiger partial charge >= 0.3 is 12.1 Å². The fourth-order valence-corrected chi connectivity index (χ4v) is 2.28. The van der Waals surface area contributed by atoms with Gasteiger partial charge in [0.15, 0.2) is 5.79 Å². The first-order chi connectivity index (χ1) is 9.76. The number of methoxy groups -OCH3 is 1. The molecule has 2 atom stereocenters. The smallest absolute Gasteiger partial charge is 0.416 e. The highest BCUT2D eigenvalue weighted by atomic mass is 19.4. The van der Waals surface area contributed by atoms with Crippen molar-refractivity contribution in [1.29, 1.82) is 0 Å². The van der Waals surface area contributed by atoms with Crippen LogP contribution >= 0.6 is 0 Å². The molecule has 1 heterocycles. The molecule has 0 amide bonds. The molecule has 1 aliphatic heterocycles. The maximum Gasteiger partial charge on any atom is 0.416 e. The summed E-state index contributed by atoms with van der Waals surface area (Å²) in [5.74, 6) is -2.04. The summed E-state index contributed by atoms with van der Waals surface area (Å²) in [4.78, 5) is 11.2. The van der Waals surface area contributed by atoms with Gasteiger partial charge in [0.25, 0.3) is 0 Å². The highest BCUT2D eigenvalue weighted by Crippen LogP contribution is 2.42. The van der Waals surface area contributed by atoms with Crippen LogP contribution in [0.1, 0.15) is 24.5 Å². The van der Waals surface area contributed by atoms with Crippen LogP contribution in [0.5, 0.6) is 0 Å². The van der Waals surface area contributed by atoms with Crippen LogP contribution in [0.4, 0.5) is 13.2 Å². The van der Waals surface area contributed by atoms with Crippen LogP contribution < -0.4 is 0 Å². The number of carbonyl (C=O) groups is 1. The molecule has 21 heavy (non-hydrogen) atoms. The van der Waals surface area contributed by atoms with Crippen molar-refractivity contribution in [3.05, 3.63) is 35.4 Å². The molecule has 0 N–H and O–H groups in total. The number of alkyl halides is 3. The third-order valence-electron chi connectivity index (χ3n) is 3.28. The zero-order valence-corrected chi connectivity index (χ0v) is 11.6. The summed E-state index contributed by atoms with van der Waals surface area (Å²) in [6, 6.07) is 5.07. The van der Waals surface area contributed by atoms with Gasteiger partial charge in [-0.05, 0) is 13.0 Å². The first-order valence-corrected chi connectivity index (χ1v) is 6.31. The number of hydrogen-bond donors (Lipinski definition) is 0. The highest BCUT2D eigenvalue weighted by Gasteiger charge is 2.45. The third-order valence-corrected chi connectivity index (χ3v) is 3.28. The van der Waals surface area contributed by atoms with Gasteiger partial charge in [0.05, 0.1) is 31.8 Å². The lowest BCUT2D eigenvalue weighted by Gasteiger charge is -2.27. The lowest BCUT2D eigenvalue weighted by atomic mass is 10.00. The Kier molecular flexibility index (Phi) is 4.25. The summed E-state index contributed by atoms with van der Waals surface area (Å²) in [5.41, 5.74) is -0.920. The van der Waals surface area contributed by atoms with Crippen molar-refractivity contribution in [1.82, 2.24) is 0 Å². The standard InChI is InChI=1S/C14H15F3O4/c1-13(20-8-9(21-13)7-12(18)19-2)10-5-3-4-6-11(10)14(15,16)17/h3-6,9H,7-8H2,1-2H3. The van der Waals surface area contributed by atoms with Gasteiger partial charge in [0.2, 0.25) is 0 Å². The minimum absolute atomic E-state index is 0.0256. The van der Waals surface area contributed by atoms with Gasteiger partial charge in [-0.25, -0.2) is 0 Å². The zero-order valence-electron chi connectivity index (χ0n) is 11.6. The first kappa shape index (κ1) is 15.8. The lowest BCUT2D eigenvalue weighted by Crippen LogP contribution is -2.28. The minimum atomic E-state index is -4.51. The molecular formula is C14H15F3O4. The topological polar surface area (TPSA) is 44.8 Å². The number of carbonyl (C=O) groups excluding carboxylic acids is 1. The van der Waals surface area contributed by atoms with E-state index in [0.29, 0.717) is 0 Å². The Labute approximate surface area is 119 Å². The highest BCUT2D eigenvalue weighted by molar-refractivity contribution is 5.69. The molecule has 116 valence electrons. The van der Waals surface area contributed by atoms with E-state index >= 15 is 0 Å². The summed E-state index contributed by atoms with van der Waals surface area (Å²) in [7, 11) is 1.23. The molecule has 7 heteroatoms. The van der Waals surface area contributed by atoms with Crippen molar-refractivity contribution in [3.8, 4) is 0 Å². The van der Waals surface area contributed by atoms with Crippen molar-refractivity contribution in [2.75, 3.05) is 13.7 Å². The predicted octanol–water partition coefficient (Wildman–Crippen LogP) is 2.86. The van der Waals surface area contributed by atoms with E-state index in [0.717, 1.165) is 6.07 Å². The largest absolute Gasteiger partial charge is 0.469 e. The van der Waals surface area contributed by atoms with Crippen LogP contribution in [0, 0.1) is 0 Å². The summed E-state index contributed by atoms with van der Waals surface area (Å²) in [6.07, 6.45) is -5.21. The Balaban J connectivity index is 2.25. The molecule has 0 spiro atoms. The Morgan fingerprint density at radius 1 is 1.43 bits per heavy atom. The van der Waals surface area contributed by atoms with Gasteiger partial charge < -0.3 is 14.2 Å². The Morgan fingerprint density at radius 2 is 2.10 bits per heavy atom. The summed E-state index contributed by atoms with van der Waals surface area (Å²) >= 11 is 0. The number of ether oxygens (including phenoxy) is 3. The quantitative estimate of drug-likeness (QED) is 0.806. The molecule has 2 unspecified atom stereocenters. The molecule has 4 nitrogen and oxygen atoms in total. The molecule has 1 aromatic carbocycles. The van der Waals surface area contributed by atoms with Gasteiger partial charge in [-0.3, -0.25) is 4.79 Å². The molecule has 1 saturated heterocycles. The number of hydrogen-bond acceptors (Lipinski definition) is 4. The van der Waals surface area contributed by atoms with E-state index in [1.807, 2.05) is 0 Å². The predicted molar refractivity (Wildman–Crippen MR) is 66.3 cm³/mol. The summed E-state index contributed by atoms with van der Waals surface area (Å²) < 4.78 is 54.6. The average Bonchev–Trinajstić information content (AvgIpc) is 2.80. The summed E-state index contributed by atoms with van der Waals surface area (Å²) in [6.45, 7) is 1.44. The van der Waals surface area contributed by atoms with Gasteiger partial charge in [-0.2, -0.15) is 13.2 Å². The second kappa shape index (κ2) is 5.65. The second-order valence-electron chi connectivity index (χ2n) is 4.82. The molecule has 0 bridgehead atoms. The molecule has 0 saturated carbocycles. The van der Waals surface area contributed by atoms with Crippen molar-refractivity contribution in [3.63, 3.8) is 0 Å². The zero-order chi connectivity index (χ0) is 15.7. The van der Waals surface area contributed by atoms with Crippen LogP contribution in [0.2, 0.25) is 0 Å². The van der Waals surface area contributed by atoms with Gasteiger partial charge in [0.1, 0.15) is 0 Å². The fourth-order valence-electron chi connectivity index (χ4n) is 2.28. The fraction of sp³-hybridized carbons (Fsp3) is 0.500. The molecule has 0 radical (unpaired) electrons. The van der Waals surface area contributed by atoms with E-state index < -0.39 is 29.6 Å². The maximum atomic E-state index is 13.0. The van der Waals surface area contributed by atoms with E-state index in [9.17, 15) is 18.0 Å². The third kappa shape index (κ3) is 3.36. The lowest BCUT2D eigenvalue weighted by molar-refractivity contribution is -0.177. The molecule has 0 aliphatic carbocycles. The second-order valence-corrected chi connectivity index (χ2v) is 4.82. The van der Waals surface area contributed by atoms with Crippen molar-refractivity contribution >= 4 is 5.97 Å². The number of esters is 1. The van der Waals surface area contributed by atoms with E-state index in [4.69, 9.17) is 9.47 Å². The normalized spacial score (nSPS) is 25.9. The van der Waals surface area contributed by atoms with Crippen molar-refractivity contribution in [2.45, 2.75) is 31.4 Å². The SMILES string of the molecule is COC(=O)CC1COC(C)(c2ccccc2C(F)(F)F)O1. The van der Waals surface area contributed by atoms with Crippen LogP contribution in [0.3, 0.4) is 0 Å². The number of rotatable bonds is 3. The molecule has 2 rings (SSSR count). The van der Waals surface area contributed by atoms with Gasteiger partial charge in [-0.15, -0.1) is 0 Å². The van der Waals surface area contributed by atoms with Crippen molar-refractivity contribution < 1.29 is 32.2 Å². The van der Waals surface area contributed by atoms with Crippen LogP contribution in [-0.2, 0) is 31.0 Å². The average molecular weight is 304 g/mol. The van der Waals surface area contributed by atoms with E-state index in [2.05, 4.69) is 4.74 Å². The monoisotopic (exact) mass is 304 g/mol. The Hall–Kier alpha value is -1.60. The summed E-state index contributed by atoms with van der Waals surface area (Å²) in [5, 5.41) is 0. The van der Waals surface area contributed by atoms with Gasteiger partial charge in [0, 0.05) is 5.56 Å². The van der Waals surface area contributed by atoms with Crippen LogP contribution in [0.15, 0.2) is 24.3 Å². The molecular weight excluding hydrogens is 289 g/mol. The van der Waals surface area contributed by atoms with E-state index in [1.54, 1.807) is 0 Å². The van der Waals surface area contributed by atoms with E-state index in [-0.39, 0.29) is 18.6 Å². The van der Waals surface area contributed by atoms with E-state index in [1.165, 1.54) is 32.2 Å². The molecule has 0 aromatic heterocycles. The minimum Gasteiger partial charge on any atom is -0.469 e. The van der Waals surface area contributed by atoms with Crippen LogP contribution in [-0.4, -0.2) is 25.8 Å². The Morgan fingerprint density at radius 3 is 2.71 bits per heavy atom. The number of halogens is 3. The molecule has 1 aromatic rings. The van der Waals surface area contributed by atoms with Gasteiger partial charge in [-0.1, -0.05) is 18.2 Å². The number of benzene rings is 1. The van der Waals surface area contributed by atoms with Crippen molar-refractivity contribution in [2.24, 2.45) is 0 Å². The molecule has 1 aliphatic rings. The maximum absolute atomic E-state index is 13.0. The molecule has 1 fully saturated rings. The Bertz CT molecular complexity index is 529. The van der Waals surface area contributed by atoms with Crippen LogP contribution in [0.25, 0.3) is 0 Å².